The van der Waals surface area contributed by atoms with Gasteiger partial charge in [0.1, 0.15) is 17.9 Å². The van der Waals surface area contributed by atoms with Crippen molar-refractivity contribution in [2.45, 2.75) is 13.5 Å². The maximum Gasteiger partial charge on any atom is 0.274 e. The van der Waals surface area contributed by atoms with E-state index in [9.17, 15) is 4.79 Å². The maximum atomic E-state index is 12.8. The number of nitrogens with one attached hydrogen (secondary N) is 1. The lowest BCUT2D eigenvalue weighted by Gasteiger charge is -2.09. The van der Waals surface area contributed by atoms with E-state index in [1.807, 2.05) is 43.3 Å². The van der Waals surface area contributed by atoms with Crippen LogP contribution < -0.4 is 5.32 Å². The summed E-state index contributed by atoms with van der Waals surface area (Å²) < 4.78 is 17.3. The number of methoxy groups -OCH3 is 1. The van der Waals surface area contributed by atoms with E-state index in [-0.39, 0.29) is 12.5 Å². The molecule has 1 N–H and O–H groups in total. The van der Waals surface area contributed by atoms with Crippen molar-refractivity contribution < 1.29 is 18.8 Å². The molecular formula is C21H21N5O4. The van der Waals surface area contributed by atoms with Gasteiger partial charge in [-0.3, -0.25) is 9.20 Å². The van der Waals surface area contributed by atoms with Gasteiger partial charge in [-0.15, -0.1) is 0 Å². The average Bonchev–Trinajstić information content (AvgIpc) is 3.40. The van der Waals surface area contributed by atoms with Crippen LogP contribution in [0.3, 0.4) is 0 Å². The number of imidazole rings is 1. The van der Waals surface area contributed by atoms with Gasteiger partial charge in [-0.2, -0.15) is 4.98 Å². The van der Waals surface area contributed by atoms with E-state index >= 15 is 0 Å². The summed E-state index contributed by atoms with van der Waals surface area (Å²) in [6.07, 6.45) is 3.36. The van der Waals surface area contributed by atoms with Gasteiger partial charge in [-0.25, -0.2) is 4.98 Å². The molecule has 4 rings (SSSR count). The highest BCUT2D eigenvalue weighted by atomic mass is 16.5. The van der Waals surface area contributed by atoms with E-state index in [0.717, 1.165) is 11.1 Å². The number of pyridine rings is 1. The summed E-state index contributed by atoms with van der Waals surface area (Å²) in [7, 11) is 1.61. The number of hydrogen-bond donors (Lipinski definition) is 1. The predicted molar refractivity (Wildman–Crippen MR) is 109 cm³/mol. The fraction of sp³-hybridized carbons (Fsp3) is 0.238. The summed E-state index contributed by atoms with van der Waals surface area (Å²) in [5.41, 5.74) is 3.45. The van der Waals surface area contributed by atoms with Crippen LogP contribution in [0.4, 0.5) is 5.69 Å². The third-order valence-electron chi connectivity index (χ3n) is 4.52. The number of carbonyl (C=O) groups excluding carboxylic acids is 1. The lowest BCUT2D eigenvalue weighted by molar-refractivity contribution is 0.0494. The molecule has 0 radical (unpaired) electrons. The third kappa shape index (κ3) is 4.22. The van der Waals surface area contributed by atoms with E-state index in [4.69, 9.17) is 14.0 Å². The van der Waals surface area contributed by atoms with E-state index in [2.05, 4.69) is 20.4 Å². The summed E-state index contributed by atoms with van der Waals surface area (Å²) in [5.74, 6) is 0.540. The Morgan fingerprint density at radius 1 is 1.23 bits per heavy atom. The van der Waals surface area contributed by atoms with Crippen molar-refractivity contribution in [2.24, 2.45) is 0 Å². The maximum absolute atomic E-state index is 12.8. The molecule has 1 aromatic carbocycles. The molecule has 9 nitrogen and oxygen atoms in total. The number of carbonyl (C=O) groups is 1. The zero-order chi connectivity index (χ0) is 20.9. The van der Waals surface area contributed by atoms with Crippen LogP contribution in [0.2, 0.25) is 0 Å². The van der Waals surface area contributed by atoms with E-state index in [1.54, 1.807) is 23.9 Å². The molecule has 0 aliphatic rings. The van der Waals surface area contributed by atoms with E-state index < -0.39 is 0 Å². The van der Waals surface area contributed by atoms with Crippen LogP contribution >= 0.6 is 0 Å². The molecule has 3 heterocycles. The van der Waals surface area contributed by atoms with Crippen molar-refractivity contribution in [3.63, 3.8) is 0 Å². The van der Waals surface area contributed by atoms with E-state index in [0.29, 0.717) is 42.0 Å². The van der Waals surface area contributed by atoms with Crippen molar-refractivity contribution in [3.8, 4) is 11.4 Å². The summed E-state index contributed by atoms with van der Waals surface area (Å²) >= 11 is 0. The van der Waals surface area contributed by atoms with Crippen LogP contribution in [-0.2, 0) is 16.1 Å². The van der Waals surface area contributed by atoms with Gasteiger partial charge < -0.3 is 19.3 Å². The first-order chi connectivity index (χ1) is 14.7. The standard InChI is InChI=1S/C21H21N5O4/c1-14-6-7-15(20-24-19(30-25-20)13-29-10-9-28-2)11-16(14)23-21(27)17-12-22-18-5-3-4-8-26(17)18/h3-8,11-12H,9-10,13H2,1-2H3,(H,23,27). The molecule has 0 unspecified atom stereocenters. The number of fused-ring (bicyclic) bond motifs is 1. The molecule has 0 atom stereocenters. The van der Waals surface area contributed by atoms with Crippen LogP contribution in [0.5, 0.6) is 0 Å². The number of hydrogen-bond acceptors (Lipinski definition) is 7. The van der Waals surface area contributed by atoms with Gasteiger partial charge in [0.15, 0.2) is 0 Å². The number of aryl methyl sites for hydroxylation is 1. The highest BCUT2D eigenvalue weighted by Crippen LogP contribution is 2.24. The topological polar surface area (TPSA) is 104 Å². The molecule has 30 heavy (non-hydrogen) atoms. The molecule has 0 aliphatic heterocycles. The summed E-state index contributed by atoms with van der Waals surface area (Å²) in [5, 5.41) is 6.95. The minimum atomic E-state index is -0.255. The molecule has 4 aromatic rings. The largest absolute Gasteiger partial charge is 0.382 e. The second-order valence-electron chi connectivity index (χ2n) is 6.61. The molecule has 1 amide bonds. The van der Waals surface area contributed by atoms with Crippen LogP contribution in [0, 0.1) is 6.92 Å². The minimum absolute atomic E-state index is 0.208. The molecule has 0 fully saturated rings. The van der Waals surface area contributed by atoms with Crippen molar-refractivity contribution in [3.05, 3.63) is 65.9 Å². The summed E-state index contributed by atoms with van der Waals surface area (Å²) in [4.78, 5) is 21.4. The van der Waals surface area contributed by atoms with Crippen molar-refractivity contribution in [2.75, 3.05) is 25.6 Å². The molecule has 154 valence electrons. The first-order valence-electron chi connectivity index (χ1n) is 9.39. The number of amides is 1. The highest BCUT2D eigenvalue weighted by molar-refractivity contribution is 6.04. The van der Waals surface area contributed by atoms with Crippen LogP contribution in [0.1, 0.15) is 21.9 Å². The molecule has 0 saturated carbocycles. The van der Waals surface area contributed by atoms with E-state index in [1.165, 1.54) is 0 Å². The third-order valence-corrected chi connectivity index (χ3v) is 4.52. The smallest absolute Gasteiger partial charge is 0.274 e. The zero-order valence-corrected chi connectivity index (χ0v) is 16.7. The molecular weight excluding hydrogens is 386 g/mol. The summed E-state index contributed by atoms with van der Waals surface area (Å²) in [6.45, 7) is 3.06. The van der Waals surface area contributed by atoms with Gasteiger partial charge in [-0.1, -0.05) is 23.4 Å². The number of aromatic nitrogens is 4. The molecule has 0 aliphatic carbocycles. The second-order valence-corrected chi connectivity index (χ2v) is 6.61. The predicted octanol–water partition coefficient (Wildman–Crippen LogP) is 3.11. The molecule has 0 bridgehead atoms. The second kappa shape index (κ2) is 8.85. The van der Waals surface area contributed by atoms with Crippen LogP contribution in [0.25, 0.3) is 17.0 Å². The zero-order valence-electron chi connectivity index (χ0n) is 16.7. The number of benzene rings is 1. The van der Waals surface area contributed by atoms with Crippen molar-refractivity contribution in [1.82, 2.24) is 19.5 Å². The number of ether oxygens (including phenoxy) is 2. The molecule has 3 aromatic heterocycles. The van der Waals surface area contributed by atoms with Gasteiger partial charge in [0.25, 0.3) is 11.8 Å². The Hall–Kier alpha value is -3.56. The molecule has 9 heteroatoms. The lowest BCUT2D eigenvalue weighted by atomic mass is 10.1. The fourth-order valence-corrected chi connectivity index (χ4v) is 2.92. The Morgan fingerprint density at radius 3 is 3.00 bits per heavy atom. The van der Waals surface area contributed by atoms with Crippen molar-refractivity contribution >= 4 is 17.2 Å². The van der Waals surface area contributed by atoms with Crippen LogP contribution in [0.15, 0.2) is 53.3 Å². The molecule has 0 saturated heterocycles. The van der Waals surface area contributed by atoms with Gasteiger partial charge in [0, 0.05) is 24.6 Å². The summed E-state index contributed by atoms with van der Waals surface area (Å²) in [6, 6.07) is 11.2. The van der Waals surface area contributed by atoms with Gasteiger partial charge >= 0.3 is 0 Å². The van der Waals surface area contributed by atoms with Gasteiger partial charge in [-0.05, 0) is 30.7 Å². The van der Waals surface area contributed by atoms with Crippen LogP contribution in [-0.4, -0.2) is 45.8 Å². The molecule has 0 spiro atoms. The Balaban J connectivity index is 1.51. The number of rotatable bonds is 8. The highest BCUT2D eigenvalue weighted by Gasteiger charge is 2.15. The first-order valence-corrected chi connectivity index (χ1v) is 9.39. The Labute approximate surface area is 172 Å². The quantitative estimate of drug-likeness (QED) is 0.448. The monoisotopic (exact) mass is 407 g/mol. The Bertz CT molecular complexity index is 1170. The Morgan fingerprint density at radius 2 is 2.13 bits per heavy atom. The average molecular weight is 407 g/mol. The first kappa shape index (κ1) is 19.7. The Kier molecular flexibility index (Phi) is 5.82. The minimum Gasteiger partial charge on any atom is -0.382 e. The lowest BCUT2D eigenvalue weighted by Crippen LogP contribution is -2.15. The number of anilines is 1. The normalized spacial score (nSPS) is 11.1. The SMILES string of the molecule is COCCOCc1nc(-c2ccc(C)c(NC(=O)c3cnc4ccccn34)c2)no1. The fourth-order valence-electron chi connectivity index (χ4n) is 2.92. The van der Waals surface area contributed by atoms with Crippen molar-refractivity contribution in [1.29, 1.82) is 0 Å². The van der Waals surface area contributed by atoms with Gasteiger partial charge in [0.05, 0.1) is 19.4 Å². The number of nitrogens with zero attached hydrogens (tertiary/aromatic N) is 4. The van der Waals surface area contributed by atoms with Gasteiger partial charge in [0.2, 0.25) is 5.82 Å².